The second kappa shape index (κ2) is 4.00. The summed E-state index contributed by atoms with van der Waals surface area (Å²) < 4.78 is 10.4. The minimum atomic E-state index is -0.772. The first-order chi connectivity index (χ1) is 7.69. The van der Waals surface area contributed by atoms with Crippen LogP contribution >= 0.6 is 0 Å². The Morgan fingerprint density at radius 1 is 1.38 bits per heavy atom. The van der Waals surface area contributed by atoms with Gasteiger partial charge in [0.25, 0.3) is 0 Å². The average molecular weight is 223 g/mol. The number of nitrogens with zero attached hydrogens (tertiary/aromatic N) is 1. The molecule has 2 rings (SSSR count). The van der Waals surface area contributed by atoms with Gasteiger partial charge in [-0.1, -0.05) is 0 Å². The van der Waals surface area contributed by atoms with E-state index in [0.29, 0.717) is 17.9 Å². The third kappa shape index (κ3) is 1.68. The van der Waals surface area contributed by atoms with Gasteiger partial charge in [0.2, 0.25) is 0 Å². The zero-order valence-electron chi connectivity index (χ0n) is 9.14. The first-order valence-corrected chi connectivity index (χ1v) is 4.97. The summed E-state index contributed by atoms with van der Waals surface area (Å²) >= 11 is 0. The van der Waals surface area contributed by atoms with Gasteiger partial charge in [0.05, 0.1) is 32.5 Å². The molecule has 1 N–H and O–H groups in total. The van der Waals surface area contributed by atoms with E-state index in [-0.39, 0.29) is 11.8 Å². The van der Waals surface area contributed by atoms with Crippen molar-refractivity contribution in [2.24, 2.45) is 5.92 Å². The molecule has 0 amide bonds. The molecule has 5 heteroatoms. The number of ether oxygens (including phenoxy) is 2. The number of carbonyl (C=O) groups is 1. The van der Waals surface area contributed by atoms with Crippen molar-refractivity contribution in [1.29, 1.82) is 0 Å². The van der Waals surface area contributed by atoms with Crippen molar-refractivity contribution in [3.05, 3.63) is 18.0 Å². The molecule has 0 radical (unpaired) electrons. The van der Waals surface area contributed by atoms with E-state index in [9.17, 15) is 4.79 Å². The predicted octanol–water partition coefficient (Wildman–Crippen LogP) is 1.29. The summed E-state index contributed by atoms with van der Waals surface area (Å²) in [5.41, 5.74) is 0.812. The normalized spacial score (nSPS) is 22.6. The second-order valence-electron chi connectivity index (χ2n) is 3.74. The quantitative estimate of drug-likeness (QED) is 0.832. The minimum absolute atomic E-state index is 0.0228. The Morgan fingerprint density at radius 3 is 2.31 bits per heavy atom. The van der Waals surface area contributed by atoms with Gasteiger partial charge in [-0.15, -0.1) is 0 Å². The van der Waals surface area contributed by atoms with Crippen molar-refractivity contribution in [1.82, 2.24) is 4.98 Å². The van der Waals surface area contributed by atoms with Gasteiger partial charge in [0, 0.05) is 11.5 Å². The summed E-state index contributed by atoms with van der Waals surface area (Å²) in [7, 11) is 3.08. The second-order valence-corrected chi connectivity index (χ2v) is 3.74. The van der Waals surface area contributed by atoms with E-state index >= 15 is 0 Å². The summed E-state index contributed by atoms with van der Waals surface area (Å²) in [6.07, 6.45) is 3.79. The smallest absolute Gasteiger partial charge is 0.307 e. The van der Waals surface area contributed by atoms with Gasteiger partial charge in [0.15, 0.2) is 0 Å². The average Bonchev–Trinajstić information content (AvgIpc) is 3.07. The third-order valence-corrected chi connectivity index (χ3v) is 2.83. The summed E-state index contributed by atoms with van der Waals surface area (Å²) in [5, 5.41) is 8.91. The number of pyridine rings is 1. The number of aliphatic carboxylic acids is 1. The van der Waals surface area contributed by atoms with Crippen LogP contribution in [0.2, 0.25) is 0 Å². The SMILES string of the molecule is COc1cncc(OC)c1[C@@H]1C[C@H]1C(=O)O. The number of carboxylic acid groups (broad SMARTS) is 1. The number of hydrogen-bond donors (Lipinski definition) is 1. The van der Waals surface area contributed by atoms with E-state index in [0.717, 1.165) is 5.56 Å². The Balaban J connectivity index is 2.35. The lowest BCUT2D eigenvalue weighted by Crippen LogP contribution is -2.02. The number of methoxy groups -OCH3 is 2. The Kier molecular flexibility index (Phi) is 2.68. The molecule has 1 aliphatic carbocycles. The highest BCUT2D eigenvalue weighted by molar-refractivity contribution is 5.76. The standard InChI is InChI=1S/C11H13NO4/c1-15-8-4-12-5-9(16-2)10(8)6-3-7(6)11(13)14/h4-7H,3H2,1-2H3,(H,13,14)/t6-,7-/m1/s1. The van der Waals surface area contributed by atoms with Crippen LogP contribution in [0.4, 0.5) is 0 Å². The molecule has 2 atom stereocenters. The largest absolute Gasteiger partial charge is 0.495 e. The maximum Gasteiger partial charge on any atom is 0.307 e. The van der Waals surface area contributed by atoms with Crippen molar-refractivity contribution >= 4 is 5.97 Å². The monoisotopic (exact) mass is 223 g/mol. The lowest BCUT2D eigenvalue weighted by Gasteiger charge is -2.11. The van der Waals surface area contributed by atoms with Gasteiger partial charge >= 0.3 is 5.97 Å². The fourth-order valence-electron chi connectivity index (χ4n) is 1.91. The van der Waals surface area contributed by atoms with Crippen LogP contribution in [0.5, 0.6) is 11.5 Å². The van der Waals surface area contributed by atoms with Crippen LogP contribution in [-0.4, -0.2) is 30.3 Å². The van der Waals surface area contributed by atoms with Crippen LogP contribution < -0.4 is 9.47 Å². The zero-order valence-corrected chi connectivity index (χ0v) is 9.14. The van der Waals surface area contributed by atoms with Crippen LogP contribution in [0.15, 0.2) is 12.4 Å². The first-order valence-electron chi connectivity index (χ1n) is 4.97. The Hall–Kier alpha value is -1.78. The third-order valence-electron chi connectivity index (χ3n) is 2.83. The van der Waals surface area contributed by atoms with Crippen molar-refractivity contribution < 1.29 is 19.4 Å². The molecule has 1 aliphatic rings. The van der Waals surface area contributed by atoms with Crippen LogP contribution in [0.3, 0.4) is 0 Å². The fourth-order valence-corrected chi connectivity index (χ4v) is 1.91. The van der Waals surface area contributed by atoms with Crippen LogP contribution in [-0.2, 0) is 4.79 Å². The molecule has 1 heterocycles. The molecule has 0 spiro atoms. The number of hydrogen-bond acceptors (Lipinski definition) is 4. The predicted molar refractivity (Wildman–Crippen MR) is 55.8 cm³/mol. The number of rotatable bonds is 4. The first kappa shape index (κ1) is 10.7. The molecular formula is C11H13NO4. The van der Waals surface area contributed by atoms with E-state index in [2.05, 4.69) is 4.98 Å². The molecule has 1 saturated carbocycles. The molecule has 0 unspecified atom stereocenters. The summed E-state index contributed by atoms with van der Waals surface area (Å²) in [4.78, 5) is 14.8. The van der Waals surface area contributed by atoms with Crippen LogP contribution in [0.25, 0.3) is 0 Å². The molecule has 0 aromatic carbocycles. The van der Waals surface area contributed by atoms with Crippen molar-refractivity contribution in [2.45, 2.75) is 12.3 Å². The lowest BCUT2D eigenvalue weighted by molar-refractivity contribution is -0.138. The van der Waals surface area contributed by atoms with E-state index in [1.165, 1.54) is 14.2 Å². The lowest BCUT2D eigenvalue weighted by atomic mass is 10.1. The van der Waals surface area contributed by atoms with Gasteiger partial charge in [-0.05, 0) is 6.42 Å². The molecule has 1 aromatic heterocycles. The maximum absolute atomic E-state index is 10.8. The minimum Gasteiger partial charge on any atom is -0.495 e. The van der Waals surface area contributed by atoms with E-state index < -0.39 is 5.97 Å². The molecule has 1 aromatic rings. The van der Waals surface area contributed by atoms with Gasteiger partial charge in [-0.25, -0.2) is 0 Å². The highest BCUT2D eigenvalue weighted by atomic mass is 16.5. The van der Waals surface area contributed by atoms with Crippen molar-refractivity contribution in [3.63, 3.8) is 0 Å². The van der Waals surface area contributed by atoms with Gasteiger partial charge < -0.3 is 14.6 Å². The number of carboxylic acids is 1. The Labute approximate surface area is 93.0 Å². The molecule has 5 nitrogen and oxygen atoms in total. The fraction of sp³-hybridized carbons (Fsp3) is 0.455. The molecule has 1 fully saturated rings. The van der Waals surface area contributed by atoms with Crippen LogP contribution in [0.1, 0.15) is 17.9 Å². The summed E-state index contributed by atoms with van der Waals surface area (Å²) in [6.45, 7) is 0. The molecular weight excluding hydrogens is 210 g/mol. The highest BCUT2D eigenvalue weighted by Crippen LogP contribution is 2.53. The summed E-state index contributed by atoms with van der Waals surface area (Å²) in [5.74, 6) is 0.0581. The molecule has 0 bridgehead atoms. The van der Waals surface area contributed by atoms with Crippen molar-refractivity contribution in [3.8, 4) is 11.5 Å². The molecule has 16 heavy (non-hydrogen) atoms. The van der Waals surface area contributed by atoms with E-state index in [1.54, 1.807) is 12.4 Å². The van der Waals surface area contributed by atoms with Gasteiger partial charge in [-0.2, -0.15) is 0 Å². The highest BCUT2D eigenvalue weighted by Gasteiger charge is 2.47. The Bertz CT molecular complexity index is 396. The van der Waals surface area contributed by atoms with Gasteiger partial charge in [-0.3, -0.25) is 9.78 Å². The van der Waals surface area contributed by atoms with Crippen LogP contribution in [0, 0.1) is 5.92 Å². The molecule has 86 valence electrons. The zero-order chi connectivity index (χ0) is 11.7. The number of aromatic nitrogens is 1. The topological polar surface area (TPSA) is 68.7 Å². The Morgan fingerprint density at radius 2 is 1.94 bits per heavy atom. The van der Waals surface area contributed by atoms with E-state index in [1.807, 2.05) is 0 Å². The molecule has 0 aliphatic heterocycles. The molecule has 0 saturated heterocycles. The van der Waals surface area contributed by atoms with E-state index in [4.69, 9.17) is 14.6 Å². The summed E-state index contributed by atoms with van der Waals surface area (Å²) in [6, 6.07) is 0. The maximum atomic E-state index is 10.8. The van der Waals surface area contributed by atoms with Crippen molar-refractivity contribution in [2.75, 3.05) is 14.2 Å². The van der Waals surface area contributed by atoms with Gasteiger partial charge in [0.1, 0.15) is 11.5 Å².